The molecule has 2 fully saturated rings. The maximum absolute atomic E-state index is 11.9. The van der Waals surface area contributed by atoms with E-state index in [9.17, 15) is 4.79 Å². The van der Waals surface area contributed by atoms with Gasteiger partial charge in [-0.1, -0.05) is 33.1 Å². The zero-order valence-electron chi connectivity index (χ0n) is 17.0. The van der Waals surface area contributed by atoms with Crippen molar-refractivity contribution in [3.63, 3.8) is 0 Å². The first kappa shape index (κ1) is 23.5. The van der Waals surface area contributed by atoms with Gasteiger partial charge in [-0.3, -0.25) is 9.69 Å². The minimum atomic E-state index is 0. The highest BCUT2D eigenvalue weighted by Gasteiger charge is 2.26. The van der Waals surface area contributed by atoms with E-state index < -0.39 is 0 Å². The first-order chi connectivity index (χ1) is 12.0. The summed E-state index contributed by atoms with van der Waals surface area (Å²) < 4.78 is 0. The van der Waals surface area contributed by atoms with E-state index in [0.717, 1.165) is 44.7 Å². The Morgan fingerprint density at radius 2 is 1.73 bits per heavy atom. The second-order valence-electron chi connectivity index (χ2n) is 8.02. The van der Waals surface area contributed by atoms with Crippen molar-refractivity contribution in [3.05, 3.63) is 0 Å². The van der Waals surface area contributed by atoms with Crippen LogP contribution in [0, 0.1) is 5.92 Å². The van der Waals surface area contributed by atoms with Crippen LogP contribution in [0.4, 0.5) is 0 Å². The summed E-state index contributed by atoms with van der Waals surface area (Å²) in [7, 11) is 3.56. The fourth-order valence-corrected chi connectivity index (χ4v) is 3.59. The molecule has 6 nitrogen and oxygen atoms in total. The van der Waals surface area contributed by atoms with Crippen molar-refractivity contribution in [2.75, 3.05) is 53.4 Å². The minimum Gasteiger partial charge on any atom is -0.356 e. The number of rotatable bonds is 5. The van der Waals surface area contributed by atoms with E-state index in [0.29, 0.717) is 5.92 Å². The van der Waals surface area contributed by atoms with Crippen LogP contribution < -0.4 is 5.32 Å². The quantitative estimate of drug-likeness (QED) is 0.374. The third-order valence-electron chi connectivity index (χ3n) is 5.24. The number of guanidine groups is 1. The Hall–Kier alpha value is -0.570. The lowest BCUT2D eigenvalue weighted by atomic mass is 9.94. The summed E-state index contributed by atoms with van der Waals surface area (Å²) in [6.07, 6.45) is 6.92. The van der Waals surface area contributed by atoms with Crippen LogP contribution in [0.1, 0.15) is 46.0 Å². The zero-order valence-corrected chi connectivity index (χ0v) is 19.4. The zero-order chi connectivity index (χ0) is 18.2. The number of aliphatic imine (C=N–C) groups is 1. The predicted molar refractivity (Wildman–Crippen MR) is 119 cm³/mol. The van der Waals surface area contributed by atoms with Crippen molar-refractivity contribution < 1.29 is 4.79 Å². The molecule has 152 valence electrons. The highest BCUT2D eigenvalue weighted by molar-refractivity contribution is 14.0. The van der Waals surface area contributed by atoms with Crippen LogP contribution in [0.15, 0.2) is 4.99 Å². The fraction of sp³-hybridized carbons (Fsp3) is 0.895. The molecule has 0 aromatic heterocycles. The Kier molecular flexibility index (Phi) is 10.8. The van der Waals surface area contributed by atoms with Gasteiger partial charge in [0, 0.05) is 52.9 Å². The Balaban J connectivity index is 0.00000338. The van der Waals surface area contributed by atoms with Crippen molar-refractivity contribution >= 4 is 35.8 Å². The number of carbonyl (C=O) groups is 1. The lowest BCUT2D eigenvalue weighted by molar-refractivity contribution is -0.127. The lowest BCUT2D eigenvalue weighted by Crippen LogP contribution is -2.55. The summed E-state index contributed by atoms with van der Waals surface area (Å²) in [5.41, 5.74) is 0. The third-order valence-corrected chi connectivity index (χ3v) is 5.24. The molecule has 1 aliphatic carbocycles. The van der Waals surface area contributed by atoms with Gasteiger partial charge in [0.25, 0.3) is 0 Å². The normalized spacial score (nSPS) is 20.0. The summed E-state index contributed by atoms with van der Waals surface area (Å²) in [4.78, 5) is 23.1. The smallest absolute Gasteiger partial charge is 0.243 e. The molecule has 1 heterocycles. The highest BCUT2D eigenvalue weighted by Crippen LogP contribution is 2.23. The standard InChI is InChI=1S/C19H37N5O.HI/c1-16(2)14-20-19(21-15-18(25)22(3)4)24-12-10-23(11-13-24)17-8-6-5-7-9-17;/h16-17H,5-15H2,1-4H3,(H,20,21);1H. The molecule has 1 amide bonds. The number of hydrogen-bond donors (Lipinski definition) is 1. The van der Waals surface area contributed by atoms with E-state index in [-0.39, 0.29) is 36.4 Å². The topological polar surface area (TPSA) is 51.2 Å². The van der Waals surface area contributed by atoms with Crippen LogP contribution in [0.3, 0.4) is 0 Å². The van der Waals surface area contributed by atoms with Crippen LogP contribution in [0.2, 0.25) is 0 Å². The van der Waals surface area contributed by atoms with Gasteiger partial charge < -0.3 is 15.1 Å². The molecule has 0 bridgehead atoms. The Morgan fingerprint density at radius 1 is 1.12 bits per heavy atom. The van der Waals surface area contributed by atoms with E-state index >= 15 is 0 Å². The van der Waals surface area contributed by atoms with E-state index in [1.54, 1.807) is 19.0 Å². The molecular formula is C19H38IN5O. The maximum atomic E-state index is 11.9. The molecule has 0 aromatic carbocycles. The fourth-order valence-electron chi connectivity index (χ4n) is 3.59. The summed E-state index contributed by atoms with van der Waals surface area (Å²) in [6, 6.07) is 0.787. The number of halogens is 1. The number of piperazine rings is 1. The second kappa shape index (κ2) is 12.0. The predicted octanol–water partition coefficient (Wildman–Crippen LogP) is 2.24. The van der Waals surface area contributed by atoms with Crippen molar-refractivity contribution in [3.8, 4) is 0 Å². The van der Waals surface area contributed by atoms with Crippen molar-refractivity contribution in [2.24, 2.45) is 10.9 Å². The molecule has 1 saturated carbocycles. The highest BCUT2D eigenvalue weighted by atomic mass is 127. The molecule has 1 aliphatic heterocycles. The van der Waals surface area contributed by atoms with Crippen molar-refractivity contribution in [1.29, 1.82) is 0 Å². The molecule has 7 heteroatoms. The summed E-state index contributed by atoms with van der Waals surface area (Å²) >= 11 is 0. The summed E-state index contributed by atoms with van der Waals surface area (Å²) in [5, 5.41) is 3.46. The van der Waals surface area contributed by atoms with Gasteiger partial charge in [0.2, 0.25) is 5.91 Å². The monoisotopic (exact) mass is 479 g/mol. The second-order valence-corrected chi connectivity index (χ2v) is 8.02. The SMILES string of the molecule is CC(C)CNC(=NCC(=O)N(C)C)N1CCN(C2CCCCC2)CC1.I. The van der Waals surface area contributed by atoms with Gasteiger partial charge in [0.05, 0.1) is 0 Å². The number of carbonyl (C=O) groups excluding carboxylic acids is 1. The van der Waals surface area contributed by atoms with Crippen LogP contribution in [0.5, 0.6) is 0 Å². The first-order valence-corrected chi connectivity index (χ1v) is 9.95. The van der Waals surface area contributed by atoms with Gasteiger partial charge in [-0.25, -0.2) is 4.99 Å². The van der Waals surface area contributed by atoms with Gasteiger partial charge in [0.15, 0.2) is 5.96 Å². The summed E-state index contributed by atoms with van der Waals surface area (Å²) in [5.74, 6) is 1.50. The van der Waals surface area contributed by atoms with Crippen LogP contribution >= 0.6 is 24.0 Å². The van der Waals surface area contributed by atoms with E-state index in [1.165, 1.54) is 32.1 Å². The van der Waals surface area contributed by atoms with Crippen LogP contribution in [0.25, 0.3) is 0 Å². The molecule has 0 atom stereocenters. The lowest BCUT2D eigenvalue weighted by Gasteiger charge is -2.41. The molecule has 2 rings (SSSR count). The number of hydrogen-bond acceptors (Lipinski definition) is 3. The number of nitrogens with one attached hydrogen (secondary N) is 1. The van der Waals surface area contributed by atoms with Gasteiger partial charge in [-0.15, -0.1) is 24.0 Å². The number of likely N-dealkylation sites (N-methyl/N-ethyl adjacent to an activating group) is 1. The van der Waals surface area contributed by atoms with Gasteiger partial charge in [-0.2, -0.15) is 0 Å². The van der Waals surface area contributed by atoms with Crippen molar-refractivity contribution in [2.45, 2.75) is 52.0 Å². The number of amides is 1. The molecule has 0 aromatic rings. The third kappa shape index (κ3) is 7.58. The van der Waals surface area contributed by atoms with Gasteiger partial charge in [0.1, 0.15) is 6.54 Å². The first-order valence-electron chi connectivity index (χ1n) is 9.95. The number of nitrogens with zero attached hydrogens (tertiary/aromatic N) is 4. The molecule has 0 radical (unpaired) electrons. The van der Waals surface area contributed by atoms with Crippen molar-refractivity contribution in [1.82, 2.24) is 20.0 Å². The molecule has 0 spiro atoms. The minimum absolute atomic E-state index is 0. The van der Waals surface area contributed by atoms with Gasteiger partial charge >= 0.3 is 0 Å². The average molecular weight is 479 g/mol. The van der Waals surface area contributed by atoms with E-state index in [4.69, 9.17) is 0 Å². The molecule has 26 heavy (non-hydrogen) atoms. The largest absolute Gasteiger partial charge is 0.356 e. The Labute approximate surface area is 176 Å². The van der Waals surface area contributed by atoms with Crippen LogP contribution in [-0.4, -0.2) is 86.0 Å². The van der Waals surface area contributed by atoms with Gasteiger partial charge in [-0.05, 0) is 18.8 Å². The van der Waals surface area contributed by atoms with E-state index in [2.05, 4.69) is 34.0 Å². The summed E-state index contributed by atoms with van der Waals surface area (Å²) in [6.45, 7) is 9.69. The Morgan fingerprint density at radius 3 is 2.27 bits per heavy atom. The molecule has 0 unspecified atom stereocenters. The molecular weight excluding hydrogens is 441 g/mol. The molecule has 1 saturated heterocycles. The average Bonchev–Trinajstić information content (AvgIpc) is 2.62. The van der Waals surface area contributed by atoms with Crippen LogP contribution in [-0.2, 0) is 4.79 Å². The Bertz CT molecular complexity index is 441. The molecule has 1 N–H and O–H groups in total. The molecule has 2 aliphatic rings. The van der Waals surface area contributed by atoms with E-state index in [1.807, 2.05) is 0 Å². The maximum Gasteiger partial charge on any atom is 0.243 e.